The van der Waals surface area contributed by atoms with Gasteiger partial charge in [-0.05, 0) is 30.3 Å². The molecule has 0 radical (unpaired) electrons. The Morgan fingerprint density at radius 1 is 1.20 bits per heavy atom. The summed E-state index contributed by atoms with van der Waals surface area (Å²) in [5.41, 5.74) is 1.58. The molecule has 5 heteroatoms. The molecule has 4 rings (SSSR count). The first-order valence-corrected chi connectivity index (χ1v) is 6.97. The van der Waals surface area contributed by atoms with Crippen molar-refractivity contribution < 1.29 is 4.74 Å². The van der Waals surface area contributed by atoms with E-state index in [0.29, 0.717) is 10.3 Å². The van der Waals surface area contributed by atoms with Crippen LogP contribution in [-0.2, 0) is 0 Å². The lowest BCUT2D eigenvalue weighted by Crippen LogP contribution is -2.13. The highest BCUT2D eigenvalue weighted by Gasteiger charge is 2.11. The number of rotatable bonds is 1. The van der Waals surface area contributed by atoms with Gasteiger partial charge in [0, 0.05) is 0 Å². The number of benzene rings is 2. The summed E-state index contributed by atoms with van der Waals surface area (Å²) < 4.78 is 7.88. The first-order valence-electron chi connectivity index (χ1n) is 6.16. The second-order valence-corrected chi connectivity index (χ2v) is 5.50. The van der Waals surface area contributed by atoms with Gasteiger partial charge in [-0.2, -0.15) is 0 Å². The minimum absolute atomic E-state index is 0.0259. The van der Waals surface area contributed by atoms with Gasteiger partial charge in [-0.25, -0.2) is 4.98 Å². The molecule has 0 fully saturated rings. The lowest BCUT2D eigenvalue weighted by molar-refractivity contribution is 0.415. The number of nitrogens with zero attached hydrogens (tertiary/aromatic N) is 2. The number of methoxy groups -OCH3 is 1. The van der Waals surface area contributed by atoms with Crippen molar-refractivity contribution in [1.82, 2.24) is 9.38 Å². The van der Waals surface area contributed by atoms with Gasteiger partial charge in [-0.1, -0.05) is 23.5 Å². The molecule has 0 aliphatic rings. The minimum atomic E-state index is -0.0259. The molecule has 0 aliphatic heterocycles. The smallest absolute Gasteiger partial charge is 0.266 e. The number of para-hydroxylation sites is 1. The normalized spacial score (nSPS) is 11.4. The number of ether oxygens (including phenoxy) is 1. The van der Waals surface area contributed by atoms with Crippen LogP contribution in [0.2, 0.25) is 0 Å². The second-order valence-electron chi connectivity index (χ2n) is 4.49. The predicted molar refractivity (Wildman–Crippen MR) is 80.9 cm³/mol. The van der Waals surface area contributed by atoms with E-state index in [4.69, 9.17) is 4.74 Å². The zero-order valence-corrected chi connectivity index (χ0v) is 11.5. The van der Waals surface area contributed by atoms with Gasteiger partial charge in [0.1, 0.15) is 5.75 Å². The first-order chi connectivity index (χ1) is 9.78. The molecule has 2 heterocycles. The molecule has 0 saturated heterocycles. The molecule has 4 aromatic rings. The average molecular weight is 282 g/mol. The maximum absolute atomic E-state index is 12.6. The molecule has 98 valence electrons. The van der Waals surface area contributed by atoms with Gasteiger partial charge in [0.2, 0.25) is 0 Å². The Morgan fingerprint density at radius 2 is 2.05 bits per heavy atom. The highest BCUT2D eigenvalue weighted by Crippen LogP contribution is 2.28. The van der Waals surface area contributed by atoms with Crippen LogP contribution in [0.15, 0.2) is 47.3 Å². The third-order valence-corrected chi connectivity index (χ3v) is 4.36. The summed E-state index contributed by atoms with van der Waals surface area (Å²) in [4.78, 5) is 17.9. The summed E-state index contributed by atoms with van der Waals surface area (Å²) in [5.74, 6) is 0.779. The van der Waals surface area contributed by atoms with Crippen molar-refractivity contribution in [2.75, 3.05) is 7.11 Å². The predicted octanol–water partition coefficient (Wildman–Crippen LogP) is 3.07. The summed E-state index contributed by atoms with van der Waals surface area (Å²) in [6, 6.07) is 13.1. The van der Waals surface area contributed by atoms with Crippen LogP contribution >= 0.6 is 11.3 Å². The SMILES string of the molecule is COc1ccc2c(c1)sc1nc3ccccc3c(=O)n12. The minimum Gasteiger partial charge on any atom is -0.497 e. The van der Waals surface area contributed by atoms with E-state index < -0.39 is 0 Å². The number of fused-ring (bicyclic) bond motifs is 4. The molecule has 2 aromatic carbocycles. The highest BCUT2D eigenvalue weighted by atomic mass is 32.1. The van der Waals surface area contributed by atoms with Crippen molar-refractivity contribution in [3.05, 3.63) is 52.8 Å². The quantitative estimate of drug-likeness (QED) is 0.539. The number of thiazole rings is 1. The van der Waals surface area contributed by atoms with Crippen molar-refractivity contribution in [2.45, 2.75) is 0 Å². The fraction of sp³-hybridized carbons (Fsp3) is 0.0667. The second kappa shape index (κ2) is 4.05. The van der Waals surface area contributed by atoms with Gasteiger partial charge >= 0.3 is 0 Å². The summed E-state index contributed by atoms with van der Waals surface area (Å²) in [6.45, 7) is 0. The van der Waals surface area contributed by atoms with E-state index in [1.165, 1.54) is 11.3 Å². The van der Waals surface area contributed by atoms with Crippen LogP contribution in [-0.4, -0.2) is 16.5 Å². The summed E-state index contributed by atoms with van der Waals surface area (Å²) in [6.07, 6.45) is 0. The molecular formula is C15H10N2O2S. The first kappa shape index (κ1) is 11.4. The van der Waals surface area contributed by atoms with Crippen molar-refractivity contribution in [3.63, 3.8) is 0 Å². The van der Waals surface area contributed by atoms with Crippen molar-refractivity contribution in [1.29, 1.82) is 0 Å². The zero-order valence-electron chi connectivity index (χ0n) is 10.7. The molecule has 2 aromatic heterocycles. The van der Waals surface area contributed by atoms with E-state index in [0.717, 1.165) is 21.5 Å². The van der Waals surface area contributed by atoms with E-state index in [1.54, 1.807) is 11.5 Å². The topological polar surface area (TPSA) is 43.6 Å². The molecule has 4 nitrogen and oxygen atoms in total. The molecular weight excluding hydrogens is 272 g/mol. The third-order valence-electron chi connectivity index (χ3n) is 3.35. The Morgan fingerprint density at radius 3 is 2.90 bits per heavy atom. The molecule has 0 unspecified atom stereocenters. The van der Waals surface area contributed by atoms with E-state index >= 15 is 0 Å². The lowest BCUT2D eigenvalue weighted by atomic mass is 10.2. The summed E-state index contributed by atoms with van der Waals surface area (Å²) >= 11 is 1.49. The van der Waals surface area contributed by atoms with E-state index in [1.807, 2.05) is 42.5 Å². The molecule has 0 spiro atoms. The average Bonchev–Trinajstić information content (AvgIpc) is 2.84. The van der Waals surface area contributed by atoms with Crippen molar-refractivity contribution in [2.24, 2.45) is 0 Å². The number of hydrogen-bond donors (Lipinski definition) is 0. The van der Waals surface area contributed by atoms with Crippen molar-refractivity contribution >= 4 is 37.4 Å². The summed E-state index contributed by atoms with van der Waals surface area (Å²) in [5, 5.41) is 0.639. The van der Waals surface area contributed by atoms with Crippen LogP contribution < -0.4 is 10.3 Å². The fourth-order valence-corrected chi connectivity index (χ4v) is 3.43. The molecule has 0 N–H and O–H groups in total. The standard InChI is InChI=1S/C15H10N2O2S/c1-19-9-6-7-12-13(8-9)20-15-16-11-5-3-2-4-10(11)14(18)17(12)15/h2-8H,1H3. The van der Waals surface area contributed by atoms with Crippen LogP contribution in [0.1, 0.15) is 0 Å². The van der Waals surface area contributed by atoms with Gasteiger partial charge in [-0.15, -0.1) is 0 Å². The largest absolute Gasteiger partial charge is 0.497 e. The van der Waals surface area contributed by atoms with Gasteiger partial charge in [0.05, 0.1) is 28.2 Å². The summed E-state index contributed by atoms with van der Waals surface area (Å²) in [7, 11) is 1.63. The van der Waals surface area contributed by atoms with E-state index in [9.17, 15) is 4.79 Å². The molecule has 0 bridgehead atoms. The molecule has 0 amide bonds. The third kappa shape index (κ3) is 1.47. The number of aromatic nitrogens is 2. The Balaban J connectivity index is 2.24. The van der Waals surface area contributed by atoms with Gasteiger partial charge in [0.15, 0.2) is 4.96 Å². The maximum atomic E-state index is 12.6. The Hall–Kier alpha value is -2.40. The van der Waals surface area contributed by atoms with Crippen LogP contribution in [0.3, 0.4) is 0 Å². The molecule has 20 heavy (non-hydrogen) atoms. The van der Waals surface area contributed by atoms with E-state index in [-0.39, 0.29) is 5.56 Å². The number of hydrogen-bond acceptors (Lipinski definition) is 4. The molecule has 0 saturated carbocycles. The van der Waals surface area contributed by atoms with Crippen LogP contribution in [0.5, 0.6) is 5.75 Å². The Kier molecular flexibility index (Phi) is 2.31. The maximum Gasteiger partial charge on any atom is 0.266 e. The van der Waals surface area contributed by atoms with E-state index in [2.05, 4.69) is 4.98 Å². The van der Waals surface area contributed by atoms with Crippen LogP contribution in [0, 0.1) is 0 Å². The molecule has 0 aliphatic carbocycles. The lowest BCUT2D eigenvalue weighted by Gasteiger charge is -2.00. The van der Waals surface area contributed by atoms with Gasteiger partial charge in [0.25, 0.3) is 5.56 Å². The van der Waals surface area contributed by atoms with Gasteiger partial charge in [-0.3, -0.25) is 9.20 Å². The molecule has 0 atom stereocenters. The van der Waals surface area contributed by atoms with Gasteiger partial charge < -0.3 is 4.74 Å². The van der Waals surface area contributed by atoms with Crippen LogP contribution in [0.25, 0.3) is 26.1 Å². The van der Waals surface area contributed by atoms with Crippen LogP contribution in [0.4, 0.5) is 0 Å². The monoisotopic (exact) mass is 282 g/mol. The zero-order chi connectivity index (χ0) is 13.7. The highest BCUT2D eigenvalue weighted by molar-refractivity contribution is 7.23. The Labute approximate surface area is 117 Å². The Bertz CT molecular complexity index is 1020. The fourth-order valence-electron chi connectivity index (χ4n) is 2.38. The van der Waals surface area contributed by atoms with Crippen molar-refractivity contribution in [3.8, 4) is 5.75 Å².